The molecule has 0 saturated heterocycles. The van der Waals surface area contributed by atoms with Gasteiger partial charge in [0.15, 0.2) is 5.82 Å². The molecule has 3 nitrogen and oxygen atoms in total. The summed E-state index contributed by atoms with van der Waals surface area (Å²) in [5, 5.41) is 13.2. The molecule has 0 bridgehead atoms. The molecule has 1 N–H and O–H groups in total. The number of allylic oxidation sites excluding steroid dienone is 6. The summed E-state index contributed by atoms with van der Waals surface area (Å²) in [5.74, 6) is 0.856. The van der Waals surface area contributed by atoms with Gasteiger partial charge in [-0.25, -0.2) is 9.97 Å². The molecule has 8 aromatic rings. The molecule has 1 aliphatic carbocycles. The van der Waals surface area contributed by atoms with Crippen molar-refractivity contribution in [2.75, 3.05) is 6.54 Å². The first-order valence-corrected chi connectivity index (χ1v) is 18.1. The summed E-state index contributed by atoms with van der Waals surface area (Å²) in [6, 6.07) is 50.4. The first-order valence-electron chi connectivity index (χ1n) is 18.1. The van der Waals surface area contributed by atoms with Gasteiger partial charge in [-0.15, -0.1) is 0 Å². The highest BCUT2D eigenvalue weighted by molar-refractivity contribution is 6.14. The zero-order chi connectivity index (χ0) is 34.4. The van der Waals surface area contributed by atoms with E-state index < -0.39 is 0 Å². The van der Waals surface area contributed by atoms with E-state index in [2.05, 4.69) is 181 Å². The first kappa shape index (κ1) is 30.3. The SMILES string of the molecule is C1=CC(C2=CC(c3cc(-c4cccc(-c5cc6ccccc6c6ccccc56)c4)nc(-c4cc5ccccc5c5ccccc45)n3)CC=C2)=CNC1. The molecular formula is C49H35N3. The van der Waals surface area contributed by atoms with E-state index in [1.807, 2.05) is 0 Å². The predicted molar refractivity (Wildman–Crippen MR) is 218 cm³/mol. The lowest BCUT2D eigenvalue weighted by Crippen LogP contribution is -2.11. The van der Waals surface area contributed by atoms with Crippen LogP contribution < -0.4 is 5.32 Å². The third-order valence-corrected chi connectivity index (χ3v) is 10.6. The summed E-state index contributed by atoms with van der Waals surface area (Å²) in [5.41, 5.74) is 8.86. The Morgan fingerprint density at radius 3 is 1.83 bits per heavy atom. The topological polar surface area (TPSA) is 37.8 Å². The lowest BCUT2D eigenvalue weighted by molar-refractivity contribution is 0.804. The number of nitrogens with one attached hydrogen (secondary N) is 1. The van der Waals surface area contributed by atoms with Crippen LogP contribution in [-0.2, 0) is 0 Å². The van der Waals surface area contributed by atoms with E-state index in [0.29, 0.717) is 0 Å². The molecule has 3 heteroatoms. The van der Waals surface area contributed by atoms with Gasteiger partial charge in [-0.05, 0) is 96.0 Å². The largest absolute Gasteiger partial charge is 0.387 e. The van der Waals surface area contributed by atoms with Crippen LogP contribution in [0.4, 0.5) is 0 Å². The molecule has 2 aliphatic rings. The summed E-state index contributed by atoms with van der Waals surface area (Å²) in [4.78, 5) is 10.8. The molecule has 1 atom stereocenters. The monoisotopic (exact) mass is 665 g/mol. The lowest BCUT2D eigenvalue weighted by Gasteiger charge is -2.20. The van der Waals surface area contributed by atoms with Crippen LogP contribution in [0.25, 0.3) is 76.9 Å². The van der Waals surface area contributed by atoms with Crippen LogP contribution in [0.2, 0.25) is 0 Å². The minimum atomic E-state index is 0.107. The second-order valence-electron chi connectivity index (χ2n) is 13.7. The maximum atomic E-state index is 5.40. The van der Waals surface area contributed by atoms with Crippen LogP contribution in [0.1, 0.15) is 18.0 Å². The van der Waals surface area contributed by atoms with Gasteiger partial charge in [0, 0.05) is 29.8 Å². The Kier molecular flexibility index (Phi) is 7.35. The first-order chi connectivity index (χ1) is 25.8. The number of hydrogen-bond acceptors (Lipinski definition) is 3. The van der Waals surface area contributed by atoms with Gasteiger partial charge in [-0.2, -0.15) is 0 Å². The van der Waals surface area contributed by atoms with Crippen LogP contribution in [0, 0.1) is 0 Å². The van der Waals surface area contributed by atoms with E-state index in [1.54, 1.807) is 0 Å². The molecule has 0 amide bonds. The summed E-state index contributed by atoms with van der Waals surface area (Å²) < 4.78 is 0. The molecule has 2 heterocycles. The third-order valence-electron chi connectivity index (χ3n) is 10.6. The van der Waals surface area contributed by atoms with Crippen molar-refractivity contribution in [3.63, 3.8) is 0 Å². The highest BCUT2D eigenvalue weighted by Crippen LogP contribution is 2.39. The van der Waals surface area contributed by atoms with E-state index in [4.69, 9.17) is 9.97 Å². The highest BCUT2D eigenvalue weighted by Gasteiger charge is 2.20. The molecule has 10 rings (SSSR count). The van der Waals surface area contributed by atoms with E-state index in [9.17, 15) is 0 Å². The number of nitrogens with zero attached hydrogens (tertiary/aromatic N) is 2. The van der Waals surface area contributed by atoms with Crippen molar-refractivity contribution in [2.24, 2.45) is 0 Å². The van der Waals surface area contributed by atoms with Crippen molar-refractivity contribution in [1.82, 2.24) is 15.3 Å². The summed E-state index contributed by atoms with van der Waals surface area (Å²) in [6.45, 7) is 0.857. The Bertz CT molecular complexity index is 2840. The zero-order valence-electron chi connectivity index (χ0n) is 28.6. The molecule has 52 heavy (non-hydrogen) atoms. The Hall–Kier alpha value is -6.58. The molecule has 0 radical (unpaired) electrons. The minimum absolute atomic E-state index is 0.107. The van der Waals surface area contributed by atoms with Crippen molar-refractivity contribution < 1.29 is 0 Å². The number of aromatic nitrogens is 2. The molecule has 246 valence electrons. The summed E-state index contributed by atoms with van der Waals surface area (Å²) in [6.07, 6.45) is 14.2. The van der Waals surface area contributed by atoms with E-state index in [1.165, 1.54) is 60.0 Å². The lowest BCUT2D eigenvalue weighted by atomic mass is 9.88. The van der Waals surface area contributed by atoms with Crippen molar-refractivity contribution in [1.29, 1.82) is 0 Å². The van der Waals surface area contributed by atoms with Gasteiger partial charge < -0.3 is 5.32 Å². The standard InChI is InChI=1S/C49H35N3/c1-3-19-39-34(12-1)28-45(43-23-7-5-21-41(39)43)33-15-10-17-37(27-33)48-30-47(36-16-9-14-32(26-36)38-18-11-25-50-31-38)51-49(52-48)46-29-35-13-2-4-20-40(35)42-22-6-8-24-44(42)46/h1-15,17-24,26-31,36,50H,16,25H2. The molecule has 1 unspecified atom stereocenters. The van der Waals surface area contributed by atoms with Crippen LogP contribution in [0.3, 0.4) is 0 Å². The summed E-state index contributed by atoms with van der Waals surface area (Å²) in [7, 11) is 0. The number of hydrogen-bond donors (Lipinski definition) is 1. The van der Waals surface area contributed by atoms with Gasteiger partial charge in [0.1, 0.15) is 0 Å². The average Bonchev–Trinajstić information content (AvgIpc) is 3.23. The molecule has 0 fully saturated rings. The normalized spacial score (nSPS) is 15.6. The Morgan fingerprint density at radius 2 is 1.12 bits per heavy atom. The van der Waals surface area contributed by atoms with Crippen LogP contribution >= 0.6 is 0 Å². The summed E-state index contributed by atoms with van der Waals surface area (Å²) >= 11 is 0. The molecule has 1 aliphatic heterocycles. The van der Waals surface area contributed by atoms with E-state index in [0.717, 1.165) is 46.7 Å². The van der Waals surface area contributed by atoms with Crippen molar-refractivity contribution in [3.8, 4) is 33.8 Å². The fourth-order valence-electron chi connectivity index (χ4n) is 8.03. The number of dihydropyridines is 1. The van der Waals surface area contributed by atoms with Gasteiger partial charge in [-0.1, -0.05) is 146 Å². The van der Waals surface area contributed by atoms with Crippen LogP contribution in [0.15, 0.2) is 187 Å². The Balaban J connectivity index is 1.18. The maximum Gasteiger partial charge on any atom is 0.160 e. The fraction of sp³-hybridized carbons (Fsp3) is 0.0612. The van der Waals surface area contributed by atoms with Crippen molar-refractivity contribution >= 4 is 43.1 Å². The molecule has 1 aromatic heterocycles. The smallest absolute Gasteiger partial charge is 0.160 e. The van der Waals surface area contributed by atoms with E-state index >= 15 is 0 Å². The molecule has 0 saturated carbocycles. The number of rotatable bonds is 5. The van der Waals surface area contributed by atoms with E-state index in [-0.39, 0.29) is 5.92 Å². The number of benzene rings is 7. The van der Waals surface area contributed by atoms with Crippen LogP contribution in [0.5, 0.6) is 0 Å². The quantitative estimate of drug-likeness (QED) is 0.186. The minimum Gasteiger partial charge on any atom is -0.387 e. The highest BCUT2D eigenvalue weighted by atomic mass is 14.9. The maximum absolute atomic E-state index is 5.40. The third kappa shape index (κ3) is 5.30. The van der Waals surface area contributed by atoms with Gasteiger partial charge in [0.05, 0.1) is 11.4 Å². The van der Waals surface area contributed by atoms with Gasteiger partial charge >= 0.3 is 0 Å². The molecular weight excluding hydrogens is 631 g/mol. The second-order valence-corrected chi connectivity index (χ2v) is 13.7. The Labute approximate surface area is 303 Å². The average molecular weight is 666 g/mol. The van der Waals surface area contributed by atoms with Crippen LogP contribution in [-0.4, -0.2) is 16.5 Å². The van der Waals surface area contributed by atoms with Gasteiger partial charge in [0.2, 0.25) is 0 Å². The Morgan fingerprint density at radius 1 is 0.500 bits per heavy atom. The van der Waals surface area contributed by atoms with Gasteiger partial charge in [-0.3, -0.25) is 0 Å². The second kappa shape index (κ2) is 12.6. The van der Waals surface area contributed by atoms with Crippen molar-refractivity contribution in [3.05, 3.63) is 193 Å². The van der Waals surface area contributed by atoms with Crippen molar-refractivity contribution in [2.45, 2.75) is 12.3 Å². The number of fused-ring (bicyclic) bond motifs is 6. The zero-order valence-corrected chi connectivity index (χ0v) is 28.6. The van der Waals surface area contributed by atoms with Gasteiger partial charge in [0.25, 0.3) is 0 Å². The predicted octanol–water partition coefficient (Wildman–Crippen LogP) is 12.1. The molecule has 0 spiro atoms. The molecule has 7 aromatic carbocycles. The fourth-order valence-corrected chi connectivity index (χ4v) is 8.03.